The first-order valence-electron chi connectivity index (χ1n) is 18.4. The molecule has 2 unspecified atom stereocenters. The van der Waals surface area contributed by atoms with E-state index in [4.69, 9.17) is 30.8 Å². The molecule has 1 spiro atoms. The van der Waals surface area contributed by atoms with Crippen LogP contribution >= 0.6 is 11.6 Å². The Bertz CT molecular complexity index is 1840. The summed E-state index contributed by atoms with van der Waals surface area (Å²) in [6.45, 7) is 7.02. The van der Waals surface area contributed by atoms with E-state index in [2.05, 4.69) is 60.5 Å². The number of ether oxygens (including phenoxy) is 3. The van der Waals surface area contributed by atoms with Crippen molar-refractivity contribution < 1.29 is 19.0 Å². The number of rotatable bonds is 11. The van der Waals surface area contributed by atoms with Crippen molar-refractivity contribution in [3.63, 3.8) is 0 Å². The van der Waals surface area contributed by atoms with Crippen LogP contribution in [0.2, 0.25) is 5.02 Å². The number of methoxy groups -OCH3 is 2. The van der Waals surface area contributed by atoms with Gasteiger partial charge in [0.25, 0.3) is 0 Å². The summed E-state index contributed by atoms with van der Waals surface area (Å²) in [5, 5.41) is 4.21. The highest BCUT2D eigenvalue weighted by Crippen LogP contribution is 2.56. The van der Waals surface area contributed by atoms with Crippen molar-refractivity contribution in [3.8, 4) is 11.5 Å². The molecule has 7 rings (SSSR count). The number of nitrogens with one attached hydrogen (secondary N) is 1. The van der Waals surface area contributed by atoms with Gasteiger partial charge < -0.3 is 24.4 Å². The third kappa shape index (κ3) is 7.02. The molecule has 3 atom stereocenters. The lowest BCUT2D eigenvalue weighted by Gasteiger charge is -2.47. The van der Waals surface area contributed by atoms with Gasteiger partial charge in [-0.1, -0.05) is 67.9 Å². The second-order valence-corrected chi connectivity index (χ2v) is 15.5. The van der Waals surface area contributed by atoms with Crippen molar-refractivity contribution in [2.24, 2.45) is 11.8 Å². The van der Waals surface area contributed by atoms with Crippen LogP contribution in [-0.4, -0.2) is 43.9 Å². The van der Waals surface area contributed by atoms with Crippen molar-refractivity contribution in [1.82, 2.24) is 4.98 Å². The molecule has 2 aliphatic carbocycles. The molecule has 2 heterocycles. The fraction of sp³-hybridized carbons (Fsp3) is 0.442. The zero-order valence-electron chi connectivity index (χ0n) is 30.3. The molecule has 1 N–H and O–H groups in total. The number of carbonyl (C=O) groups excluding carboxylic acids is 1. The third-order valence-corrected chi connectivity index (χ3v) is 12.1. The highest BCUT2D eigenvalue weighted by Gasteiger charge is 2.54. The first kappa shape index (κ1) is 35.2. The number of fused-ring (bicyclic) bond motifs is 3. The minimum Gasteiger partial charge on any atom is -0.497 e. The molecule has 7 nitrogen and oxygen atoms in total. The minimum atomic E-state index is -0.792. The first-order chi connectivity index (χ1) is 24.7. The fourth-order valence-corrected chi connectivity index (χ4v) is 9.36. The number of nitrogens with zero attached hydrogens (tertiary/aromatic N) is 2. The van der Waals surface area contributed by atoms with Crippen molar-refractivity contribution in [1.29, 1.82) is 0 Å². The monoisotopic (exact) mass is 707 g/mol. The number of aromatic nitrogens is 1. The van der Waals surface area contributed by atoms with Crippen LogP contribution in [0.15, 0.2) is 85.1 Å². The van der Waals surface area contributed by atoms with Crippen molar-refractivity contribution in [3.05, 3.63) is 112 Å². The summed E-state index contributed by atoms with van der Waals surface area (Å²) in [7, 11) is 3.19. The van der Waals surface area contributed by atoms with Gasteiger partial charge in [-0.05, 0) is 121 Å². The van der Waals surface area contributed by atoms with E-state index < -0.39 is 5.54 Å². The van der Waals surface area contributed by atoms with Crippen LogP contribution in [0.3, 0.4) is 0 Å². The molecule has 268 valence electrons. The zero-order valence-corrected chi connectivity index (χ0v) is 31.0. The van der Waals surface area contributed by atoms with E-state index in [1.807, 2.05) is 48.7 Å². The molecule has 0 bridgehead atoms. The summed E-state index contributed by atoms with van der Waals surface area (Å²) < 4.78 is 17.5. The quantitative estimate of drug-likeness (QED) is 0.156. The topological polar surface area (TPSA) is 72.9 Å². The van der Waals surface area contributed by atoms with Crippen LogP contribution in [-0.2, 0) is 27.9 Å². The van der Waals surface area contributed by atoms with Crippen LogP contribution in [0.1, 0.15) is 80.5 Å². The molecule has 1 aliphatic heterocycles. The van der Waals surface area contributed by atoms with Gasteiger partial charge in [0.05, 0.1) is 20.8 Å². The average molecular weight is 708 g/mol. The lowest BCUT2D eigenvalue weighted by molar-refractivity contribution is -0.148. The Morgan fingerprint density at radius 3 is 2.55 bits per heavy atom. The molecule has 8 heteroatoms. The van der Waals surface area contributed by atoms with E-state index in [0.29, 0.717) is 42.2 Å². The Morgan fingerprint density at radius 2 is 1.80 bits per heavy atom. The van der Waals surface area contributed by atoms with Gasteiger partial charge in [-0.2, -0.15) is 0 Å². The third-order valence-electron chi connectivity index (χ3n) is 11.9. The Morgan fingerprint density at radius 1 is 1.02 bits per heavy atom. The summed E-state index contributed by atoms with van der Waals surface area (Å²) in [5.41, 5.74) is 5.40. The Kier molecular flexibility index (Phi) is 10.2. The van der Waals surface area contributed by atoms with Crippen LogP contribution in [0, 0.1) is 11.8 Å². The van der Waals surface area contributed by atoms with E-state index in [1.165, 1.54) is 29.4 Å². The SMILES string of the molecule is COC(=O)C1(Nc2cccc(Cl)c2)CCC2(CC1)c1ccccc1CC2C[C@@H](C)COc1ccnc2c1C(C)CCN2Cc1ccc(OC)cc1. The normalized spacial score (nSPS) is 24.4. The van der Waals surface area contributed by atoms with Gasteiger partial charge in [0.15, 0.2) is 0 Å². The van der Waals surface area contributed by atoms with E-state index in [9.17, 15) is 4.79 Å². The summed E-state index contributed by atoms with van der Waals surface area (Å²) in [6.07, 6.45) is 8.25. The van der Waals surface area contributed by atoms with E-state index in [-0.39, 0.29) is 11.4 Å². The van der Waals surface area contributed by atoms with E-state index >= 15 is 0 Å². The van der Waals surface area contributed by atoms with Crippen molar-refractivity contribution >= 4 is 29.1 Å². The van der Waals surface area contributed by atoms with Gasteiger partial charge in [-0.3, -0.25) is 0 Å². The summed E-state index contributed by atoms with van der Waals surface area (Å²) in [6, 6.07) is 26.9. The average Bonchev–Trinajstić information content (AvgIpc) is 3.44. The van der Waals surface area contributed by atoms with Gasteiger partial charge in [-0.25, -0.2) is 9.78 Å². The second kappa shape index (κ2) is 14.8. The Labute approximate surface area is 307 Å². The highest BCUT2D eigenvalue weighted by molar-refractivity contribution is 6.30. The van der Waals surface area contributed by atoms with Crippen LogP contribution in [0.5, 0.6) is 11.5 Å². The predicted molar refractivity (Wildman–Crippen MR) is 204 cm³/mol. The second-order valence-electron chi connectivity index (χ2n) is 15.1. The molecule has 4 aromatic rings. The molecule has 0 saturated heterocycles. The standard InChI is InChI=1S/C43H50ClN3O4/c1-29(28-51-38-16-22-45-40-39(38)30(2)17-23-47(40)27-31-12-14-36(49-3)15-13-31)24-33-25-32-8-5-6-11-37(32)42(33)18-20-43(21-19-42,41(48)50-4)46-35-10-7-9-34(44)26-35/h5-16,22,26,29-30,33,46H,17-21,23-25,27-28H2,1-4H3/t29-,30?,33?,42?,43?/m1/s1. The summed E-state index contributed by atoms with van der Waals surface area (Å²) in [4.78, 5) is 20.7. The van der Waals surface area contributed by atoms with Gasteiger partial charge >= 0.3 is 5.97 Å². The molecule has 1 aromatic heterocycles. The number of esters is 1. The fourth-order valence-electron chi connectivity index (χ4n) is 9.17. The van der Waals surface area contributed by atoms with Gasteiger partial charge in [0.2, 0.25) is 0 Å². The van der Waals surface area contributed by atoms with Crippen molar-refractivity contribution in [2.45, 2.75) is 82.2 Å². The highest BCUT2D eigenvalue weighted by atomic mass is 35.5. The Hall–Kier alpha value is -4.23. The molecule has 51 heavy (non-hydrogen) atoms. The minimum absolute atomic E-state index is 0.00465. The smallest absolute Gasteiger partial charge is 0.331 e. The van der Waals surface area contributed by atoms with Crippen LogP contribution in [0.4, 0.5) is 11.5 Å². The molecule has 3 aliphatic rings. The first-order valence-corrected chi connectivity index (χ1v) is 18.8. The van der Waals surface area contributed by atoms with Gasteiger partial charge in [0.1, 0.15) is 22.9 Å². The number of carbonyl (C=O) groups is 1. The molecular formula is C43H50ClN3O4. The maximum Gasteiger partial charge on any atom is 0.331 e. The molecule has 1 saturated carbocycles. The van der Waals surface area contributed by atoms with Crippen LogP contribution < -0.4 is 19.7 Å². The summed E-state index contributed by atoms with van der Waals surface area (Å²) in [5.74, 6) is 3.82. The molecule has 0 radical (unpaired) electrons. The van der Waals surface area contributed by atoms with E-state index in [0.717, 1.165) is 68.2 Å². The predicted octanol–water partition coefficient (Wildman–Crippen LogP) is 9.37. The molecule has 1 fully saturated rings. The number of benzene rings is 3. The zero-order chi connectivity index (χ0) is 35.6. The molecular weight excluding hydrogens is 658 g/mol. The maximum atomic E-state index is 13.4. The lowest BCUT2D eigenvalue weighted by Crippen LogP contribution is -2.53. The number of halogens is 1. The lowest BCUT2D eigenvalue weighted by atomic mass is 9.59. The van der Waals surface area contributed by atoms with Gasteiger partial charge in [0, 0.05) is 35.6 Å². The molecule has 0 amide bonds. The van der Waals surface area contributed by atoms with Gasteiger partial charge in [-0.15, -0.1) is 0 Å². The number of anilines is 2. The van der Waals surface area contributed by atoms with Crippen molar-refractivity contribution in [2.75, 3.05) is 37.6 Å². The molecule has 3 aromatic carbocycles. The Balaban J connectivity index is 1.06. The number of hydrogen-bond donors (Lipinski definition) is 1. The maximum absolute atomic E-state index is 13.4. The van der Waals surface area contributed by atoms with E-state index in [1.54, 1.807) is 7.11 Å². The number of pyridine rings is 1. The number of hydrogen-bond acceptors (Lipinski definition) is 7. The van der Waals surface area contributed by atoms with Crippen LogP contribution in [0.25, 0.3) is 0 Å². The largest absolute Gasteiger partial charge is 0.497 e. The summed E-state index contributed by atoms with van der Waals surface area (Å²) >= 11 is 6.32.